The van der Waals surface area contributed by atoms with Crippen molar-refractivity contribution in [2.24, 2.45) is 0 Å². The van der Waals surface area contributed by atoms with Crippen molar-refractivity contribution in [2.75, 3.05) is 0 Å². The summed E-state index contributed by atoms with van der Waals surface area (Å²) in [6.45, 7) is -3.10. The number of hydrogen-bond donors (Lipinski definition) is 0. The van der Waals surface area contributed by atoms with Crippen molar-refractivity contribution in [2.45, 2.75) is 13.2 Å². The van der Waals surface area contributed by atoms with Crippen LogP contribution in [0.15, 0.2) is 18.5 Å². The van der Waals surface area contributed by atoms with Gasteiger partial charge >= 0.3 is 6.98 Å². The zero-order chi connectivity index (χ0) is 9.19. The second kappa shape index (κ2) is 3.17. The van der Waals surface area contributed by atoms with E-state index in [0.29, 0.717) is 11.1 Å². The molecule has 0 saturated heterocycles. The lowest BCUT2D eigenvalue weighted by Crippen LogP contribution is -2.19. The summed E-state index contributed by atoms with van der Waals surface area (Å²) in [4.78, 5) is 3.71. The van der Waals surface area contributed by atoms with Crippen molar-refractivity contribution in [3.05, 3.63) is 29.6 Å². The fourth-order valence-electron chi connectivity index (χ4n) is 0.981. The number of nitrogens with zero attached hydrogens (tertiary/aromatic N) is 1. The van der Waals surface area contributed by atoms with E-state index in [0.717, 1.165) is 0 Å². The van der Waals surface area contributed by atoms with Gasteiger partial charge in [-0.3, -0.25) is 4.98 Å². The zero-order valence-electron chi connectivity index (χ0n) is 6.60. The van der Waals surface area contributed by atoms with E-state index in [1.807, 2.05) is 0 Å². The highest BCUT2D eigenvalue weighted by Crippen LogP contribution is 2.17. The van der Waals surface area contributed by atoms with Crippen LogP contribution in [0.2, 0.25) is 0 Å². The van der Waals surface area contributed by atoms with Crippen molar-refractivity contribution in [3.8, 4) is 0 Å². The van der Waals surface area contributed by atoms with Gasteiger partial charge in [-0.1, -0.05) is 11.9 Å². The summed E-state index contributed by atoms with van der Waals surface area (Å²) in [6.07, 6.45) is 2.01. The molecular formula is C7H8BF3N-. The standard InChI is InChI=1S/C7H8BF3N/c1-6-5-12-3-2-7(6)4-8(9,10)11/h2-3,5H,4H2,1H3/q-1. The minimum atomic E-state index is -4.73. The van der Waals surface area contributed by atoms with Crippen LogP contribution in [0, 0.1) is 6.92 Å². The Hall–Kier alpha value is -0.995. The van der Waals surface area contributed by atoms with Crippen LogP contribution in [0.5, 0.6) is 0 Å². The fourth-order valence-corrected chi connectivity index (χ4v) is 0.981. The molecule has 0 aliphatic rings. The van der Waals surface area contributed by atoms with Gasteiger partial charge in [0.05, 0.1) is 0 Å². The van der Waals surface area contributed by atoms with Crippen LogP contribution in [0.4, 0.5) is 12.9 Å². The van der Waals surface area contributed by atoms with Crippen LogP contribution in [-0.2, 0) is 6.32 Å². The lowest BCUT2D eigenvalue weighted by atomic mass is 9.81. The van der Waals surface area contributed by atoms with Crippen molar-refractivity contribution < 1.29 is 12.9 Å². The van der Waals surface area contributed by atoms with Gasteiger partial charge in [0.25, 0.3) is 0 Å². The topological polar surface area (TPSA) is 12.9 Å². The van der Waals surface area contributed by atoms with Gasteiger partial charge in [0, 0.05) is 12.4 Å². The Morgan fingerprint density at radius 1 is 1.42 bits per heavy atom. The average Bonchev–Trinajstić information content (AvgIpc) is 1.91. The molecule has 0 spiro atoms. The maximum atomic E-state index is 12.0. The molecule has 1 aromatic rings. The van der Waals surface area contributed by atoms with Crippen LogP contribution in [0.3, 0.4) is 0 Å². The van der Waals surface area contributed by atoms with E-state index in [4.69, 9.17) is 0 Å². The van der Waals surface area contributed by atoms with Crippen molar-refractivity contribution in [1.82, 2.24) is 4.98 Å². The summed E-state index contributed by atoms with van der Waals surface area (Å²) in [5.74, 6) is 0. The van der Waals surface area contributed by atoms with E-state index in [-0.39, 0.29) is 0 Å². The average molecular weight is 174 g/mol. The van der Waals surface area contributed by atoms with Gasteiger partial charge in [-0.05, 0) is 18.6 Å². The lowest BCUT2D eigenvalue weighted by molar-refractivity contribution is 0.468. The van der Waals surface area contributed by atoms with Gasteiger partial charge in [0.15, 0.2) is 0 Å². The minimum absolute atomic E-state index is 0.317. The molecule has 0 bridgehead atoms. The van der Waals surface area contributed by atoms with E-state index in [9.17, 15) is 12.9 Å². The van der Waals surface area contributed by atoms with Crippen LogP contribution in [0.1, 0.15) is 11.1 Å². The van der Waals surface area contributed by atoms with Gasteiger partial charge in [-0.15, -0.1) is 0 Å². The molecule has 5 heteroatoms. The first kappa shape index (κ1) is 9.10. The summed E-state index contributed by atoms with van der Waals surface area (Å²) < 4.78 is 35.9. The molecule has 1 rings (SSSR count). The highest BCUT2D eigenvalue weighted by molar-refractivity contribution is 6.57. The maximum absolute atomic E-state index is 12.0. The van der Waals surface area contributed by atoms with Crippen molar-refractivity contribution in [3.63, 3.8) is 0 Å². The minimum Gasteiger partial charge on any atom is -0.449 e. The number of rotatable bonds is 2. The molecule has 1 nitrogen and oxygen atoms in total. The summed E-state index contributed by atoms with van der Waals surface area (Å²) in [7, 11) is 0. The van der Waals surface area contributed by atoms with Gasteiger partial charge in [0.2, 0.25) is 0 Å². The Kier molecular flexibility index (Phi) is 2.40. The molecule has 0 aliphatic carbocycles. The molecule has 1 aromatic heterocycles. The molecule has 0 aliphatic heterocycles. The molecule has 0 atom stereocenters. The third-order valence-electron chi connectivity index (χ3n) is 1.59. The first-order valence-corrected chi connectivity index (χ1v) is 3.59. The predicted octanol–water partition coefficient (Wildman–Crippen LogP) is 2.32. The molecule has 0 saturated carbocycles. The normalized spacial score (nSPS) is 11.7. The highest BCUT2D eigenvalue weighted by Gasteiger charge is 2.23. The van der Waals surface area contributed by atoms with E-state index in [2.05, 4.69) is 4.98 Å². The SMILES string of the molecule is Cc1cnccc1C[B-](F)(F)F. The van der Waals surface area contributed by atoms with Crippen LogP contribution >= 0.6 is 0 Å². The summed E-state index contributed by atoms with van der Waals surface area (Å²) in [5, 5.41) is 0. The molecule has 1 heterocycles. The molecular weight excluding hydrogens is 166 g/mol. The Bertz CT molecular complexity index is 272. The number of pyridine rings is 1. The highest BCUT2D eigenvalue weighted by atomic mass is 19.4. The van der Waals surface area contributed by atoms with Crippen molar-refractivity contribution >= 4 is 6.98 Å². The first-order chi connectivity index (χ1) is 5.49. The molecule has 0 radical (unpaired) electrons. The Morgan fingerprint density at radius 2 is 2.08 bits per heavy atom. The first-order valence-electron chi connectivity index (χ1n) is 3.59. The third kappa shape index (κ3) is 2.56. The molecule has 12 heavy (non-hydrogen) atoms. The van der Waals surface area contributed by atoms with E-state index < -0.39 is 13.3 Å². The van der Waals surface area contributed by atoms with Crippen LogP contribution in [0.25, 0.3) is 0 Å². The maximum Gasteiger partial charge on any atom is 0.482 e. The largest absolute Gasteiger partial charge is 0.482 e. The Morgan fingerprint density at radius 3 is 2.58 bits per heavy atom. The molecule has 66 valence electrons. The van der Waals surface area contributed by atoms with E-state index in [1.54, 1.807) is 6.92 Å². The molecule has 0 aromatic carbocycles. The van der Waals surface area contributed by atoms with Gasteiger partial charge < -0.3 is 12.9 Å². The van der Waals surface area contributed by atoms with E-state index in [1.165, 1.54) is 18.5 Å². The quantitative estimate of drug-likeness (QED) is 0.626. The van der Waals surface area contributed by atoms with Crippen LogP contribution < -0.4 is 0 Å². The molecule has 0 N–H and O–H groups in total. The monoisotopic (exact) mass is 174 g/mol. The molecule has 0 fully saturated rings. The Balaban J connectivity index is 2.83. The summed E-state index contributed by atoms with van der Waals surface area (Å²) >= 11 is 0. The lowest BCUT2D eigenvalue weighted by Gasteiger charge is -2.14. The van der Waals surface area contributed by atoms with Crippen molar-refractivity contribution in [1.29, 1.82) is 0 Å². The second-order valence-electron chi connectivity index (χ2n) is 2.72. The molecule has 0 unspecified atom stereocenters. The smallest absolute Gasteiger partial charge is 0.449 e. The predicted molar refractivity (Wildman–Crippen MR) is 41.8 cm³/mol. The number of halogens is 3. The van der Waals surface area contributed by atoms with Gasteiger partial charge in [-0.25, -0.2) is 0 Å². The second-order valence-corrected chi connectivity index (χ2v) is 2.72. The number of aryl methyl sites for hydroxylation is 1. The Labute approximate surface area is 68.7 Å². The van der Waals surface area contributed by atoms with Gasteiger partial charge in [-0.2, -0.15) is 0 Å². The zero-order valence-corrected chi connectivity index (χ0v) is 6.60. The number of aromatic nitrogens is 1. The van der Waals surface area contributed by atoms with E-state index >= 15 is 0 Å². The van der Waals surface area contributed by atoms with Crippen LogP contribution in [-0.4, -0.2) is 12.0 Å². The van der Waals surface area contributed by atoms with Gasteiger partial charge in [0.1, 0.15) is 0 Å². The number of hydrogen-bond acceptors (Lipinski definition) is 1. The summed E-state index contributed by atoms with van der Waals surface area (Å²) in [6, 6.07) is 1.41. The summed E-state index contributed by atoms with van der Waals surface area (Å²) in [5.41, 5.74) is 0.911. The fraction of sp³-hybridized carbons (Fsp3) is 0.286. The third-order valence-corrected chi connectivity index (χ3v) is 1.59. The molecule has 0 amide bonds.